The molecule has 0 aliphatic carbocycles. The van der Waals surface area contributed by atoms with Gasteiger partial charge in [-0.2, -0.15) is 0 Å². The number of hydrogen-bond donors (Lipinski definition) is 0. The Labute approximate surface area is 141 Å². The van der Waals surface area contributed by atoms with Crippen molar-refractivity contribution in [2.75, 3.05) is 36.5 Å². The molecule has 0 radical (unpaired) electrons. The van der Waals surface area contributed by atoms with Gasteiger partial charge in [0.2, 0.25) is 11.9 Å². The third-order valence-electron chi connectivity index (χ3n) is 4.98. The molecule has 2 aromatic heterocycles. The molecule has 7 heteroatoms. The largest absolute Gasteiger partial charge is 0.371 e. The molecule has 0 aromatic carbocycles. The topological polar surface area (TPSA) is 67.3 Å². The molecule has 4 rings (SSSR count). The molecule has 1 spiro atoms. The summed E-state index contributed by atoms with van der Waals surface area (Å²) in [6.07, 6.45) is 10.3. The van der Waals surface area contributed by atoms with Crippen LogP contribution in [0.4, 0.5) is 11.9 Å². The zero-order valence-electron chi connectivity index (χ0n) is 13.9. The smallest absolute Gasteiger partial charge is 0.225 e. The van der Waals surface area contributed by atoms with Gasteiger partial charge in [0.05, 0.1) is 18.2 Å². The summed E-state index contributed by atoms with van der Waals surface area (Å²) in [5.41, 5.74) is -0.120. The van der Waals surface area contributed by atoms with E-state index in [-0.39, 0.29) is 5.60 Å². The number of piperidine rings is 1. The molecule has 7 nitrogen and oxygen atoms in total. The summed E-state index contributed by atoms with van der Waals surface area (Å²) in [6, 6.07) is 3.98. The molecule has 126 valence electrons. The molecule has 24 heavy (non-hydrogen) atoms. The van der Waals surface area contributed by atoms with Gasteiger partial charge in [-0.1, -0.05) is 0 Å². The second kappa shape index (κ2) is 6.32. The molecule has 2 aromatic rings. The zero-order chi connectivity index (χ0) is 16.4. The van der Waals surface area contributed by atoms with E-state index in [1.807, 2.05) is 19.2 Å². The van der Waals surface area contributed by atoms with Gasteiger partial charge in [0, 0.05) is 51.3 Å². The average molecular weight is 326 g/mol. The van der Waals surface area contributed by atoms with Gasteiger partial charge in [-0.3, -0.25) is 0 Å². The second-order valence-electron chi connectivity index (χ2n) is 6.59. The minimum absolute atomic E-state index is 0.120. The third-order valence-corrected chi connectivity index (χ3v) is 4.98. The van der Waals surface area contributed by atoms with Crippen LogP contribution < -0.4 is 9.80 Å². The number of hydrogen-bond acceptors (Lipinski definition) is 7. The van der Waals surface area contributed by atoms with Crippen molar-refractivity contribution in [2.45, 2.75) is 30.9 Å². The van der Waals surface area contributed by atoms with Crippen molar-refractivity contribution in [3.05, 3.63) is 36.9 Å². The molecule has 0 bridgehead atoms. The predicted molar refractivity (Wildman–Crippen MR) is 91.0 cm³/mol. The maximum atomic E-state index is 6.29. The molecule has 2 fully saturated rings. The molecule has 0 unspecified atom stereocenters. The molecular weight excluding hydrogens is 304 g/mol. The third kappa shape index (κ3) is 2.91. The summed E-state index contributed by atoms with van der Waals surface area (Å²) in [4.78, 5) is 21.8. The molecular formula is C17H22N6O. The number of ether oxygens (including phenoxy) is 1. The Bertz CT molecular complexity index is 669. The maximum Gasteiger partial charge on any atom is 0.225 e. The minimum atomic E-state index is -0.120. The van der Waals surface area contributed by atoms with Gasteiger partial charge in [-0.15, -0.1) is 0 Å². The van der Waals surface area contributed by atoms with E-state index in [1.54, 1.807) is 24.8 Å². The lowest BCUT2D eigenvalue weighted by Gasteiger charge is -2.39. The fraction of sp³-hybridized carbons (Fsp3) is 0.529. The normalized spacial score (nSPS) is 26.7. The minimum Gasteiger partial charge on any atom is -0.371 e. The number of aromatic nitrogens is 4. The van der Waals surface area contributed by atoms with Crippen LogP contribution >= 0.6 is 0 Å². The van der Waals surface area contributed by atoms with Crippen LogP contribution in [0.1, 0.15) is 19.3 Å². The molecule has 0 saturated carbocycles. The lowest BCUT2D eigenvalue weighted by atomic mass is 9.88. The molecule has 4 heterocycles. The molecule has 2 aliphatic heterocycles. The Morgan fingerprint density at radius 2 is 1.83 bits per heavy atom. The van der Waals surface area contributed by atoms with Crippen LogP contribution in [0.5, 0.6) is 0 Å². The number of anilines is 2. The lowest BCUT2D eigenvalue weighted by Crippen LogP contribution is -2.49. The van der Waals surface area contributed by atoms with E-state index < -0.39 is 0 Å². The summed E-state index contributed by atoms with van der Waals surface area (Å²) >= 11 is 0. The number of nitrogens with zero attached hydrogens (tertiary/aromatic N) is 6. The van der Waals surface area contributed by atoms with E-state index in [9.17, 15) is 0 Å². The molecule has 2 aliphatic rings. The Morgan fingerprint density at radius 1 is 1.12 bits per heavy atom. The van der Waals surface area contributed by atoms with Crippen LogP contribution in [-0.4, -0.2) is 58.3 Å². The highest BCUT2D eigenvalue weighted by molar-refractivity contribution is 5.33. The second-order valence-corrected chi connectivity index (χ2v) is 6.59. The van der Waals surface area contributed by atoms with E-state index in [2.05, 4.69) is 29.7 Å². The van der Waals surface area contributed by atoms with E-state index in [0.717, 1.165) is 44.2 Å². The van der Waals surface area contributed by atoms with Crippen LogP contribution in [0.3, 0.4) is 0 Å². The van der Waals surface area contributed by atoms with Gasteiger partial charge in [-0.25, -0.2) is 19.9 Å². The summed E-state index contributed by atoms with van der Waals surface area (Å²) in [6.45, 7) is 2.53. The summed E-state index contributed by atoms with van der Waals surface area (Å²) in [5, 5.41) is 0. The van der Waals surface area contributed by atoms with Crippen molar-refractivity contribution in [1.82, 2.24) is 19.9 Å². The van der Waals surface area contributed by atoms with E-state index in [0.29, 0.717) is 12.6 Å². The highest BCUT2D eigenvalue weighted by Crippen LogP contribution is 2.37. The van der Waals surface area contributed by atoms with E-state index in [1.165, 1.54) is 0 Å². The molecule has 2 saturated heterocycles. The first kappa shape index (κ1) is 15.3. The quantitative estimate of drug-likeness (QED) is 0.847. The van der Waals surface area contributed by atoms with Crippen molar-refractivity contribution in [3.63, 3.8) is 0 Å². The maximum absolute atomic E-state index is 6.29. The monoisotopic (exact) mass is 326 g/mol. The summed E-state index contributed by atoms with van der Waals surface area (Å²) in [7, 11) is 2.04. The highest BCUT2D eigenvalue weighted by atomic mass is 16.5. The number of rotatable bonds is 3. The van der Waals surface area contributed by atoms with Crippen molar-refractivity contribution < 1.29 is 4.74 Å². The fourth-order valence-electron chi connectivity index (χ4n) is 3.71. The van der Waals surface area contributed by atoms with Gasteiger partial charge in [0.25, 0.3) is 0 Å². The first-order valence-electron chi connectivity index (χ1n) is 8.42. The SMILES string of the molecule is CN(c1ncccn1)[C@H]1CO[C@]2(CCCN(c3ncccn3)C2)C1. The van der Waals surface area contributed by atoms with Crippen LogP contribution in [-0.2, 0) is 4.74 Å². The van der Waals surface area contributed by atoms with Gasteiger partial charge in [0.1, 0.15) is 0 Å². The van der Waals surface area contributed by atoms with Gasteiger partial charge in [-0.05, 0) is 25.0 Å². The Kier molecular flexibility index (Phi) is 4.02. The predicted octanol–water partition coefficient (Wildman–Crippen LogP) is 1.53. The Balaban J connectivity index is 1.47. The molecule has 0 amide bonds. The van der Waals surface area contributed by atoms with Crippen LogP contribution in [0.25, 0.3) is 0 Å². The average Bonchev–Trinajstić information content (AvgIpc) is 3.06. The van der Waals surface area contributed by atoms with E-state index >= 15 is 0 Å². The lowest BCUT2D eigenvalue weighted by molar-refractivity contribution is -0.00679. The van der Waals surface area contributed by atoms with Gasteiger partial charge in [0.15, 0.2) is 0 Å². The summed E-state index contributed by atoms with van der Waals surface area (Å²) in [5.74, 6) is 1.55. The fourth-order valence-corrected chi connectivity index (χ4v) is 3.71. The summed E-state index contributed by atoms with van der Waals surface area (Å²) < 4.78 is 6.29. The van der Waals surface area contributed by atoms with Gasteiger partial charge >= 0.3 is 0 Å². The highest BCUT2D eigenvalue weighted by Gasteiger charge is 2.45. The Hall–Kier alpha value is -2.28. The van der Waals surface area contributed by atoms with Crippen LogP contribution in [0.2, 0.25) is 0 Å². The van der Waals surface area contributed by atoms with E-state index in [4.69, 9.17) is 4.74 Å². The number of likely N-dealkylation sites (N-methyl/N-ethyl adjacent to an activating group) is 1. The first-order valence-corrected chi connectivity index (χ1v) is 8.42. The standard InChI is InChI=1S/C17H22N6O/c1-22(15-18-6-3-7-19-15)14-11-17(24-12-14)5-2-10-23(13-17)16-20-8-4-9-21-16/h3-4,6-9,14H,2,5,10-13H2,1H3/t14-,17-/m1/s1. The zero-order valence-corrected chi connectivity index (χ0v) is 13.9. The first-order chi connectivity index (χ1) is 11.8. The van der Waals surface area contributed by atoms with Crippen molar-refractivity contribution in [2.24, 2.45) is 0 Å². The van der Waals surface area contributed by atoms with Crippen LogP contribution in [0.15, 0.2) is 36.9 Å². The van der Waals surface area contributed by atoms with Gasteiger partial charge < -0.3 is 14.5 Å². The molecule has 2 atom stereocenters. The van der Waals surface area contributed by atoms with Crippen LogP contribution in [0, 0.1) is 0 Å². The molecule has 0 N–H and O–H groups in total. The van der Waals surface area contributed by atoms with Crippen molar-refractivity contribution in [1.29, 1.82) is 0 Å². The Morgan fingerprint density at radius 3 is 2.58 bits per heavy atom. The van der Waals surface area contributed by atoms with Crippen molar-refractivity contribution >= 4 is 11.9 Å². The van der Waals surface area contributed by atoms with Crippen molar-refractivity contribution in [3.8, 4) is 0 Å².